The van der Waals surface area contributed by atoms with Gasteiger partial charge in [0.1, 0.15) is 22.4 Å². The first kappa shape index (κ1) is 25.2. The molecule has 0 aliphatic heterocycles. The smallest absolute Gasteiger partial charge is 0.225 e. The van der Waals surface area contributed by atoms with E-state index in [1.165, 1.54) is 11.3 Å². The van der Waals surface area contributed by atoms with Crippen LogP contribution >= 0.6 is 11.3 Å². The number of hydrogen-bond donors (Lipinski definition) is 5. The first-order valence-electron chi connectivity index (χ1n) is 12.5. The van der Waals surface area contributed by atoms with Gasteiger partial charge in [0.15, 0.2) is 0 Å². The first-order valence-corrected chi connectivity index (χ1v) is 13.3. The van der Waals surface area contributed by atoms with Gasteiger partial charge in [-0.05, 0) is 39.2 Å². The Balaban J connectivity index is 1.54. The van der Waals surface area contributed by atoms with Crippen LogP contribution in [-0.4, -0.2) is 79.4 Å². The molecular weight excluding hydrogens is 480 g/mol. The second kappa shape index (κ2) is 10.5. The lowest BCUT2D eigenvalue weighted by Crippen LogP contribution is -2.38. The van der Waals surface area contributed by atoms with E-state index in [4.69, 9.17) is 19.7 Å². The molecule has 3 aromatic rings. The fourth-order valence-electron chi connectivity index (χ4n) is 5.42. The van der Waals surface area contributed by atoms with Crippen LogP contribution in [-0.2, 0) is 4.74 Å². The highest BCUT2D eigenvalue weighted by atomic mass is 32.1. The number of methoxy groups -OCH3 is 1. The lowest BCUT2D eigenvalue weighted by atomic mass is 9.92. The first-order chi connectivity index (χ1) is 17.4. The zero-order valence-corrected chi connectivity index (χ0v) is 21.6. The highest BCUT2D eigenvalue weighted by molar-refractivity contribution is 7.21. The number of hydrogen-bond acceptors (Lipinski definition) is 11. The molecule has 0 radical (unpaired) electrons. The van der Waals surface area contributed by atoms with Gasteiger partial charge in [0.05, 0.1) is 45.9 Å². The number of nitrogens with one attached hydrogen (secondary N) is 2. The maximum atomic E-state index is 10.7. The number of aliphatic hydroxyl groups excluding tert-OH is 3. The molecule has 2 saturated carbocycles. The molecule has 6 atom stereocenters. The molecule has 194 valence electrons. The van der Waals surface area contributed by atoms with Crippen molar-refractivity contribution in [3.8, 4) is 10.6 Å². The largest absolute Gasteiger partial charge is 0.396 e. The van der Waals surface area contributed by atoms with E-state index < -0.39 is 24.2 Å². The summed E-state index contributed by atoms with van der Waals surface area (Å²) in [6, 6.07) is 1.58. The molecule has 0 spiro atoms. The Labute approximate surface area is 214 Å². The normalized spacial score (nSPS) is 28.5. The molecule has 2 fully saturated rings. The van der Waals surface area contributed by atoms with Crippen LogP contribution in [0, 0.1) is 19.8 Å². The molecule has 5 rings (SSSR count). The van der Waals surface area contributed by atoms with Gasteiger partial charge in [0.25, 0.3) is 0 Å². The summed E-state index contributed by atoms with van der Waals surface area (Å²) in [7, 11) is 1.74. The Kier molecular flexibility index (Phi) is 7.36. The van der Waals surface area contributed by atoms with Gasteiger partial charge in [-0.1, -0.05) is 12.8 Å². The summed E-state index contributed by atoms with van der Waals surface area (Å²) in [6.45, 7) is 3.67. The SMILES string of the molecule is CO[C@H]1CCCC[C@@H]1Nc1nc(C)c(-c2nc3c(C)nccc3s2)c(N[C@@H]2C[C@H](CO)[C@@H](O)[C@H]2O)n1. The van der Waals surface area contributed by atoms with Gasteiger partial charge in [-0.3, -0.25) is 4.98 Å². The third-order valence-corrected chi connectivity index (χ3v) is 8.51. The number of rotatable bonds is 7. The van der Waals surface area contributed by atoms with Gasteiger partial charge in [-0.15, -0.1) is 11.3 Å². The maximum absolute atomic E-state index is 10.7. The van der Waals surface area contributed by atoms with Gasteiger partial charge >= 0.3 is 0 Å². The van der Waals surface area contributed by atoms with E-state index >= 15 is 0 Å². The molecule has 0 saturated heterocycles. The van der Waals surface area contributed by atoms with E-state index in [-0.39, 0.29) is 18.8 Å². The van der Waals surface area contributed by atoms with E-state index in [9.17, 15) is 15.3 Å². The van der Waals surface area contributed by atoms with Crippen LogP contribution < -0.4 is 10.6 Å². The Bertz CT molecular complexity index is 1220. The summed E-state index contributed by atoms with van der Waals surface area (Å²) in [6.07, 6.45) is 4.48. The molecule has 36 heavy (non-hydrogen) atoms. The summed E-state index contributed by atoms with van der Waals surface area (Å²) in [5, 5.41) is 38.3. The minimum atomic E-state index is -1.03. The summed E-state index contributed by atoms with van der Waals surface area (Å²) < 4.78 is 6.72. The Hall–Kier alpha value is -2.44. The third-order valence-electron chi connectivity index (χ3n) is 7.47. The van der Waals surface area contributed by atoms with Crippen LogP contribution in [0.5, 0.6) is 0 Å². The molecule has 0 bridgehead atoms. The maximum Gasteiger partial charge on any atom is 0.225 e. The minimum Gasteiger partial charge on any atom is -0.396 e. The highest BCUT2D eigenvalue weighted by Crippen LogP contribution is 2.38. The van der Waals surface area contributed by atoms with Crippen molar-refractivity contribution in [1.29, 1.82) is 0 Å². The molecule has 3 aromatic heterocycles. The second-order valence-corrected chi connectivity index (χ2v) is 10.9. The van der Waals surface area contributed by atoms with Crippen molar-refractivity contribution >= 4 is 33.3 Å². The summed E-state index contributed by atoms with van der Waals surface area (Å²) in [5.41, 5.74) is 3.19. The molecule has 2 aliphatic carbocycles. The Morgan fingerprint density at radius 3 is 2.56 bits per heavy atom. The minimum absolute atomic E-state index is 0.0931. The monoisotopic (exact) mass is 514 g/mol. The van der Waals surface area contributed by atoms with Crippen LogP contribution in [0.3, 0.4) is 0 Å². The van der Waals surface area contributed by atoms with Gasteiger partial charge in [-0.25, -0.2) is 9.97 Å². The van der Waals surface area contributed by atoms with Crippen molar-refractivity contribution in [3.63, 3.8) is 0 Å². The van der Waals surface area contributed by atoms with Gasteiger partial charge in [0.2, 0.25) is 5.95 Å². The number of aromatic nitrogens is 4. The summed E-state index contributed by atoms with van der Waals surface area (Å²) >= 11 is 1.54. The molecule has 11 heteroatoms. The quantitative estimate of drug-likeness (QED) is 0.319. The average molecular weight is 515 g/mol. The molecule has 5 N–H and O–H groups in total. The van der Waals surface area contributed by atoms with Crippen molar-refractivity contribution in [2.24, 2.45) is 5.92 Å². The molecule has 0 amide bonds. The lowest BCUT2D eigenvalue weighted by Gasteiger charge is -2.31. The molecule has 2 aliphatic rings. The van der Waals surface area contributed by atoms with Crippen LogP contribution in [0.1, 0.15) is 43.5 Å². The van der Waals surface area contributed by atoms with E-state index in [2.05, 4.69) is 15.6 Å². The van der Waals surface area contributed by atoms with Crippen molar-refractivity contribution in [3.05, 3.63) is 23.7 Å². The number of aliphatic hydroxyl groups is 3. The Morgan fingerprint density at radius 1 is 1.03 bits per heavy atom. The number of ether oxygens (including phenoxy) is 1. The third kappa shape index (κ3) is 4.78. The van der Waals surface area contributed by atoms with Crippen LogP contribution in [0.2, 0.25) is 0 Å². The predicted octanol–water partition coefficient (Wildman–Crippen LogP) is 2.65. The van der Waals surface area contributed by atoms with E-state index in [0.717, 1.165) is 57.9 Å². The zero-order chi connectivity index (χ0) is 25.4. The van der Waals surface area contributed by atoms with Gasteiger partial charge < -0.3 is 30.7 Å². The van der Waals surface area contributed by atoms with Gasteiger partial charge in [-0.2, -0.15) is 4.98 Å². The van der Waals surface area contributed by atoms with Crippen molar-refractivity contribution in [2.75, 3.05) is 24.4 Å². The topological polar surface area (TPSA) is 146 Å². The van der Waals surface area contributed by atoms with Crippen LogP contribution in [0.25, 0.3) is 20.8 Å². The molecular formula is C25H34N6O4S. The highest BCUT2D eigenvalue weighted by Gasteiger charge is 2.41. The standard InChI is InChI=1S/C25H34N6O4S/c1-12-19(24-30-20-13(2)26-9-8-18(20)36-24)23(28-16-10-14(11-32)21(33)22(16)34)31-25(27-12)29-15-6-4-5-7-17(15)35-3/h8-9,14-17,21-22,32-34H,4-7,10-11H2,1-3H3,(H2,27,28,29,31)/t14-,15+,16-,17+,21-,22+/m1/s1. The Morgan fingerprint density at radius 2 is 1.83 bits per heavy atom. The van der Waals surface area contributed by atoms with Crippen molar-refractivity contribution < 1.29 is 20.1 Å². The molecule has 10 nitrogen and oxygen atoms in total. The number of fused-ring (bicyclic) bond motifs is 1. The number of thiazole rings is 1. The average Bonchev–Trinajstić information content (AvgIpc) is 3.41. The molecule has 0 unspecified atom stereocenters. The fraction of sp³-hybridized carbons (Fsp3) is 0.600. The molecule has 0 aromatic carbocycles. The van der Waals surface area contributed by atoms with Gasteiger partial charge in [0, 0.05) is 25.8 Å². The summed E-state index contributed by atoms with van der Waals surface area (Å²) in [5.74, 6) is 0.620. The van der Waals surface area contributed by atoms with Crippen LogP contribution in [0.4, 0.5) is 11.8 Å². The number of nitrogens with zero attached hydrogens (tertiary/aromatic N) is 4. The number of aryl methyl sites for hydroxylation is 2. The second-order valence-electron chi connectivity index (χ2n) is 9.84. The van der Waals surface area contributed by atoms with Crippen molar-refractivity contribution in [1.82, 2.24) is 19.9 Å². The number of anilines is 2. The predicted molar refractivity (Wildman–Crippen MR) is 139 cm³/mol. The molecule has 3 heterocycles. The zero-order valence-electron chi connectivity index (χ0n) is 20.8. The van der Waals surface area contributed by atoms with E-state index in [0.29, 0.717) is 18.2 Å². The van der Waals surface area contributed by atoms with Crippen LogP contribution in [0.15, 0.2) is 12.3 Å². The summed E-state index contributed by atoms with van der Waals surface area (Å²) in [4.78, 5) is 18.9. The lowest BCUT2D eigenvalue weighted by molar-refractivity contribution is 0.00446. The number of pyridine rings is 1. The van der Waals surface area contributed by atoms with E-state index in [1.54, 1.807) is 13.3 Å². The van der Waals surface area contributed by atoms with Crippen molar-refractivity contribution in [2.45, 2.75) is 76.3 Å². The van der Waals surface area contributed by atoms with E-state index in [1.807, 2.05) is 19.9 Å². The fourth-order valence-corrected chi connectivity index (χ4v) is 6.53.